The highest BCUT2D eigenvalue weighted by Crippen LogP contribution is 2.32. The summed E-state index contributed by atoms with van der Waals surface area (Å²) in [5.74, 6) is 0.380. The molecule has 4 aromatic carbocycles. The van der Waals surface area contributed by atoms with E-state index in [9.17, 15) is 9.59 Å². The van der Waals surface area contributed by atoms with Crippen molar-refractivity contribution in [3.05, 3.63) is 161 Å². The third-order valence-electron chi connectivity index (χ3n) is 8.10. The summed E-state index contributed by atoms with van der Waals surface area (Å²) in [6.45, 7) is 2.52. The number of fused-ring (bicyclic) bond motifs is 2. The molecule has 0 saturated heterocycles. The maximum Gasteiger partial charge on any atom is 0.271 e. The largest absolute Gasteiger partial charge is 0.497 e. The second-order valence-corrected chi connectivity index (χ2v) is 13.0. The topological polar surface area (TPSA) is 77.6 Å². The lowest BCUT2D eigenvalue weighted by atomic mass is 9.95. The van der Waals surface area contributed by atoms with Crippen molar-refractivity contribution in [2.24, 2.45) is 4.99 Å². The number of carbonyl (C=O) groups excluding carboxylic acids is 1. The number of rotatable bonds is 7. The van der Waals surface area contributed by atoms with Gasteiger partial charge in [0.2, 0.25) is 0 Å². The van der Waals surface area contributed by atoms with Crippen LogP contribution in [-0.4, -0.2) is 22.2 Å². The zero-order chi connectivity index (χ0) is 31.8. The van der Waals surface area contributed by atoms with Gasteiger partial charge in [0, 0.05) is 39.4 Å². The van der Waals surface area contributed by atoms with Gasteiger partial charge in [-0.2, -0.15) is 0 Å². The fraction of sp³-hybridized carbons (Fsp3) is 0.108. The fourth-order valence-electron chi connectivity index (χ4n) is 5.88. The summed E-state index contributed by atoms with van der Waals surface area (Å²) in [6, 6.07) is 32.6. The summed E-state index contributed by atoms with van der Waals surface area (Å²) >= 11 is 4.85. The van der Waals surface area contributed by atoms with Crippen LogP contribution in [0.2, 0.25) is 0 Å². The monoisotopic (exact) mass is 688 g/mol. The minimum absolute atomic E-state index is 0.202. The number of methoxy groups -OCH3 is 1. The van der Waals surface area contributed by atoms with E-state index in [0.717, 1.165) is 26.5 Å². The number of hydrogen-bond acceptors (Lipinski definition) is 5. The van der Waals surface area contributed by atoms with Crippen LogP contribution in [0.15, 0.2) is 135 Å². The average Bonchev–Trinajstić information content (AvgIpc) is 3.57. The van der Waals surface area contributed by atoms with Crippen LogP contribution in [0.4, 0.5) is 5.69 Å². The van der Waals surface area contributed by atoms with E-state index < -0.39 is 6.04 Å². The number of aromatic nitrogens is 2. The number of halogens is 1. The SMILES string of the molecule is COc1ccc([C@@H]2C(C(=O)Nc3ccccc3)=C(C)N=c3s/c(=C/c4cn(Cc5ccc(Br)cc5)c5ccccc45)c(=O)n32)cc1. The van der Waals surface area contributed by atoms with Crippen molar-refractivity contribution in [1.29, 1.82) is 0 Å². The minimum atomic E-state index is -0.674. The third-order valence-corrected chi connectivity index (χ3v) is 9.61. The predicted molar refractivity (Wildman–Crippen MR) is 187 cm³/mol. The first-order valence-electron chi connectivity index (χ1n) is 14.7. The van der Waals surface area contributed by atoms with Crippen molar-refractivity contribution in [1.82, 2.24) is 9.13 Å². The number of thiazole rings is 1. The Hall–Kier alpha value is -4.99. The highest BCUT2D eigenvalue weighted by atomic mass is 79.9. The molecule has 1 atom stereocenters. The van der Waals surface area contributed by atoms with Gasteiger partial charge in [0.05, 0.1) is 29.0 Å². The molecule has 0 unspecified atom stereocenters. The molecule has 1 aliphatic rings. The van der Waals surface area contributed by atoms with Crippen molar-refractivity contribution in [2.75, 3.05) is 12.4 Å². The van der Waals surface area contributed by atoms with Gasteiger partial charge >= 0.3 is 0 Å². The maximum absolute atomic E-state index is 14.3. The van der Waals surface area contributed by atoms with Gasteiger partial charge < -0.3 is 14.6 Å². The van der Waals surface area contributed by atoms with Gasteiger partial charge in [0.25, 0.3) is 11.5 Å². The van der Waals surface area contributed by atoms with E-state index in [1.54, 1.807) is 11.7 Å². The van der Waals surface area contributed by atoms with Crippen LogP contribution in [0.5, 0.6) is 5.75 Å². The number of nitrogens with zero attached hydrogens (tertiary/aromatic N) is 3. The number of carbonyl (C=O) groups is 1. The smallest absolute Gasteiger partial charge is 0.271 e. The first-order valence-corrected chi connectivity index (χ1v) is 16.4. The standard InChI is InChI=1S/C37H29BrN4O3S/c1-23-33(35(43)40-28-8-4-3-5-9-28)34(25-14-18-29(45-2)19-15-25)42-36(44)32(46-37(42)39-23)20-26-22-41(31-11-7-6-10-30(26)31)21-24-12-16-27(38)17-13-24/h3-20,22,34H,21H2,1-2H3,(H,40,43)/b32-20+/t34-/m1/s1. The number of anilines is 1. The molecule has 1 aliphatic heterocycles. The first-order chi connectivity index (χ1) is 22.4. The third kappa shape index (κ3) is 5.63. The molecule has 2 aromatic heterocycles. The number of hydrogen-bond donors (Lipinski definition) is 1. The van der Waals surface area contributed by atoms with Crippen LogP contribution in [-0.2, 0) is 11.3 Å². The van der Waals surface area contributed by atoms with Crippen LogP contribution in [0, 0.1) is 0 Å². The molecule has 0 radical (unpaired) electrons. The average molecular weight is 690 g/mol. The van der Waals surface area contributed by atoms with Crippen molar-refractivity contribution in [2.45, 2.75) is 19.5 Å². The molecule has 0 fully saturated rings. The lowest BCUT2D eigenvalue weighted by Gasteiger charge is -2.25. The zero-order valence-electron chi connectivity index (χ0n) is 25.1. The molecule has 7 nitrogen and oxygen atoms in total. The number of ether oxygens (including phenoxy) is 1. The van der Waals surface area contributed by atoms with Gasteiger partial charge in [0.15, 0.2) is 4.80 Å². The summed E-state index contributed by atoms with van der Waals surface area (Å²) in [5, 5.41) is 4.05. The minimum Gasteiger partial charge on any atom is -0.497 e. The van der Waals surface area contributed by atoms with Crippen molar-refractivity contribution >= 4 is 55.8 Å². The van der Waals surface area contributed by atoms with E-state index in [0.29, 0.717) is 38.6 Å². The number of amides is 1. The molecule has 3 heterocycles. The van der Waals surface area contributed by atoms with Crippen molar-refractivity contribution in [3.8, 4) is 5.75 Å². The van der Waals surface area contributed by atoms with Crippen LogP contribution in [0.25, 0.3) is 17.0 Å². The zero-order valence-corrected chi connectivity index (χ0v) is 27.5. The van der Waals surface area contributed by atoms with Crippen molar-refractivity contribution in [3.63, 3.8) is 0 Å². The number of para-hydroxylation sites is 2. The van der Waals surface area contributed by atoms with E-state index in [1.165, 1.54) is 16.9 Å². The number of benzene rings is 4. The Morgan fingerprint density at radius 1 is 0.978 bits per heavy atom. The Morgan fingerprint density at radius 3 is 2.43 bits per heavy atom. The van der Waals surface area contributed by atoms with Crippen LogP contribution in [0.1, 0.15) is 29.7 Å². The van der Waals surface area contributed by atoms with Crippen LogP contribution < -0.4 is 24.9 Å². The molecule has 6 aromatic rings. The Labute approximate surface area is 277 Å². The lowest BCUT2D eigenvalue weighted by molar-refractivity contribution is -0.113. The highest BCUT2D eigenvalue weighted by Gasteiger charge is 2.32. The first kappa shape index (κ1) is 29.7. The van der Waals surface area contributed by atoms with E-state index in [2.05, 4.69) is 56.3 Å². The predicted octanol–water partition coefficient (Wildman–Crippen LogP) is 6.65. The molecule has 0 saturated carbocycles. The number of nitrogens with one attached hydrogen (secondary N) is 1. The van der Waals surface area contributed by atoms with Gasteiger partial charge in [-0.05, 0) is 66.6 Å². The molecule has 9 heteroatoms. The Morgan fingerprint density at radius 2 is 1.70 bits per heavy atom. The molecule has 1 amide bonds. The molecule has 7 rings (SSSR count). The van der Waals surface area contributed by atoms with E-state index in [-0.39, 0.29) is 11.5 Å². The Balaban J connectivity index is 1.35. The van der Waals surface area contributed by atoms with Gasteiger partial charge in [-0.15, -0.1) is 0 Å². The van der Waals surface area contributed by atoms with Crippen LogP contribution >= 0.6 is 27.3 Å². The highest BCUT2D eigenvalue weighted by molar-refractivity contribution is 9.10. The molecular weight excluding hydrogens is 660 g/mol. The van der Waals surface area contributed by atoms with Gasteiger partial charge in [-0.3, -0.25) is 14.2 Å². The second kappa shape index (κ2) is 12.4. The summed E-state index contributed by atoms with van der Waals surface area (Å²) in [5.41, 5.74) is 5.42. The van der Waals surface area contributed by atoms with E-state index in [4.69, 9.17) is 9.73 Å². The van der Waals surface area contributed by atoms with E-state index >= 15 is 0 Å². The summed E-state index contributed by atoms with van der Waals surface area (Å²) in [6.07, 6.45) is 4.04. The second-order valence-electron chi connectivity index (χ2n) is 11.0. The Bertz CT molecular complexity index is 2300. The summed E-state index contributed by atoms with van der Waals surface area (Å²) in [7, 11) is 1.61. The molecule has 46 heavy (non-hydrogen) atoms. The van der Waals surface area contributed by atoms with Crippen molar-refractivity contribution < 1.29 is 9.53 Å². The summed E-state index contributed by atoms with van der Waals surface area (Å²) in [4.78, 5) is 33.5. The summed E-state index contributed by atoms with van der Waals surface area (Å²) < 4.78 is 10.8. The normalized spacial score (nSPS) is 14.7. The van der Waals surface area contributed by atoms with E-state index in [1.807, 2.05) is 91.9 Å². The van der Waals surface area contributed by atoms with Gasteiger partial charge in [0.1, 0.15) is 5.75 Å². The number of allylic oxidation sites excluding steroid dienone is 1. The molecule has 0 spiro atoms. The molecule has 0 aliphatic carbocycles. The maximum atomic E-state index is 14.3. The lowest BCUT2D eigenvalue weighted by Crippen LogP contribution is -2.40. The van der Waals surface area contributed by atoms with Crippen LogP contribution in [0.3, 0.4) is 0 Å². The van der Waals surface area contributed by atoms with Gasteiger partial charge in [-0.25, -0.2) is 4.99 Å². The fourth-order valence-corrected chi connectivity index (χ4v) is 7.18. The molecule has 0 bridgehead atoms. The Kier molecular flexibility index (Phi) is 8.02. The molecule has 228 valence electrons. The quantitative estimate of drug-likeness (QED) is 0.204. The molecule has 1 N–H and O–H groups in total. The molecular formula is C37H29BrN4O3S. The van der Waals surface area contributed by atoms with Gasteiger partial charge in [-0.1, -0.05) is 87.9 Å².